The molecule has 0 fully saturated rings. The van der Waals surface area contributed by atoms with Gasteiger partial charge < -0.3 is 15.3 Å². The first-order valence-electron chi connectivity index (χ1n) is 5.96. The predicted molar refractivity (Wildman–Crippen MR) is 69.5 cm³/mol. The molecule has 0 bridgehead atoms. The van der Waals surface area contributed by atoms with E-state index in [2.05, 4.69) is 0 Å². The Bertz CT molecular complexity index is 586. The van der Waals surface area contributed by atoms with Crippen molar-refractivity contribution >= 4 is 16.9 Å². The first-order valence-corrected chi connectivity index (χ1v) is 5.96. The Morgan fingerprint density at radius 1 is 1.44 bits per heavy atom. The van der Waals surface area contributed by atoms with Crippen LogP contribution in [0.1, 0.15) is 35.8 Å². The van der Waals surface area contributed by atoms with Crippen LogP contribution in [0.5, 0.6) is 0 Å². The first-order chi connectivity index (χ1) is 8.49. The molecule has 96 valence electrons. The molecule has 0 saturated carbocycles. The van der Waals surface area contributed by atoms with Crippen molar-refractivity contribution in [1.82, 2.24) is 0 Å². The van der Waals surface area contributed by atoms with Crippen LogP contribution in [0.4, 0.5) is 0 Å². The lowest BCUT2D eigenvalue weighted by Crippen LogP contribution is -2.12. The van der Waals surface area contributed by atoms with Crippen molar-refractivity contribution in [1.29, 1.82) is 0 Å². The molecular weight excluding hydrogens is 230 g/mol. The van der Waals surface area contributed by atoms with Crippen molar-refractivity contribution in [3.05, 3.63) is 35.1 Å². The lowest BCUT2D eigenvalue weighted by molar-refractivity contribution is -0.137. The van der Waals surface area contributed by atoms with Crippen LogP contribution in [-0.4, -0.2) is 11.1 Å². The van der Waals surface area contributed by atoms with E-state index >= 15 is 0 Å². The third-order valence-corrected chi connectivity index (χ3v) is 3.30. The van der Waals surface area contributed by atoms with Gasteiger partial charge in [-0.3, -0.25) is 4.79 Å². The highest BCUT2D eigenvalue weighted by molar-refractivity contribution is 5.82. The normalized spacial score (nSPS) is 12.8. The maximum Gasteiger partial charge on any atom is 0.303 e. The average Bonchev–Trinajstić information content (AvgIpc) is 2.62. The summed E-state index contributed by atoms with van der Waals surface area (Å²) in [6, 6.07) is 5.54. The summed E-state index contributed by atoms with van der Waals surface area (Å²) in [6.07, 6.45) is 0.527. The number of hydrogen-bond acceptors (Lipinski definition) is 3. The maximum atomic E-state index is 10.5. The minimum absolute atomic E-state index is 0.0859. The fourth-order valence-electron chi connectivity index (χ4n) is 2.04. The monoisotopic (exact) mass is 247 g/mol. The van der Waals surface area contributed by atoms with E-state index in [0.29, 0.717) is 6.42 Å². The largest absolute Gasteiger partial charge is 0.481 e. The molecule has 18 heavy (non-hydrogen) atoms. The van der Waals surface area contributed by atoms with Gasteiger partial charge in [0.25, 0.3) is 0 Å². The number of aryl methyl sites for hydroxylation is 2. The molecule has 2 aromatic rings. The second-order valence-electron chi connectivity index (χ2n) is 4.58. The van der Waals surface area contributed by atoms with Crippen LogP contribution in [0.3, 0.4) is 0 Å². The number of fused-ring (bicyclic) bond motifs is 1. The zero-order valence-electron chi connectivity index (χ0n) is 10.6. The molecule has 0 amide bonds. The number of furan rings is 1. The van der Waals surface area contributed by atoms with E-state index in [1.165, 1.54) is 0 Å². The summed E-state index contributed by atoms with van der Waals surface area (Å²) in [5.41, 5.74) is 8.90. The zero-order chi connectivity index (χ0) is 13.3. The molecule has 1 aromatic carbocycles. The zero-order valence-corrected chi connectivity index (χ0v) is 10.6. The van der Waals surface area contributed by atoms with Gasteiger partial charge >= 0.3 is 5.97 Å². The second-order valence-corrected chi connectivity index (χ2v) is 4.58. The summed E-state index contributed by atoms with van der Waals surface area (Å²) in [5, 5.41) is 9.71. The van der Waals surface area contributed by atoms with Crippen LogP contribution in [-0.2, 0) is 4.79 Å². The molecule has 0 aliphatic rings. The molecule has 0 spiro atoms. The molecule has 0 aliphatic heterocycles. The fourth-order valence-corrected chi connectivity index (χ4v) is 2.04. The predicted octanol–water partition coefficient (Wildman–Crippen LogP) is 2.91. The molecule has 1 heterocycles. The molecular formula is C14H17NO3. The van der Waals surface area contributed by atoms with E-state index in [-0.39, 0.29) is 12.5 Å². The van der Waals surface area contributed by atoms with Crippen molar-refractivity contribution in [2.75, 3.05) is 0 Å². The number of carboxylic acid groups (broad SMARTS) is 1. The molecule has 3 N–H and O–H groups in total. The summed E-state index contributed by atoms with van der Waals surface area (Å²) >= 11 is 0. The Labute approximate surface area is 105 Å². The van der Waals surface area contributed by atoms with E-state index in [9.17, 15) is 4.79 Å². The molecule has 1 atom stereocenters. The summed E-state index contributed by atoms with van der Waals surface area (Å²) in [7, 11) is 0. The SMILES string of the molecule is Cc1oc2ccc(C(N)CCC(=O)O)cc2c1C. The van der Waals surface area contributed by atoms with E-state index in [4.69, 9.17) is 15.3 Å². The van der Waals surface area contributed by atoms with Crippen molar-refractivity contribution in [3.8, 4) is 0 Å². The molecule has 0 aliphatic carbocycles. The highest BCUT2D eigenvalue weighted by Crippen LogP contribution is 2.28. The van der Waals surface area contributed by atoms with Crippen LogP contribution < -0.4 is 5.73 Å². The van der Waals surface area contributed by atoms with E-state index < -0.39 is 5.97 Å². The fraction of sp³-hybridized carbons (Fsp3) is 0.357. The van der Waals surface area contributed by atoms with Crippen LogP contribution in [0.15, 0.2) is 22.6 Å². The highest BCUT2D eigenvalue weighted by Gasteiger charge is 2.12. The van der Waals surface area contributed by atoms with Gasteiger partial charge in [0, 0.05) is 17.8 Å². The van der Waals surface area contributed by atoms with Gasteiger partial charge in [0.05, 0.1) is 0 Å². The Kier molecular flexibility index (Phi) is 3.39. The first kappa shape index (κ1) is 12.6. The Balaban J connectivity index is 2.28. The topological polar surface area (TPSA) is 76.5 Å². The maximum absolute atomic E-state index is 10.5. The molecule has 4 heteroatoms. The van der Waals surface area contributed by atoms with Gasteiger partial charge in [0.15, 0.2) is 0 Å². The van der Waals surface area contributed by atoms with Crippen molar-refractivity contribution < 1.29 is 14.3 Å². The van der Waals surface area contributed by atoms with E-state index in [0.717, 1.165) is 27.9 Å². The third-order valence-electron chi connectivity index (χ3n) is 3.30. The number of benzene rings is 1. The molecule has 1 unspecified atom stereocenters. The lowest BCUT2D eigenvalue weighted by atomic mass is 10.0. The second kappa shape index (κ2) is 4.82. The smallest absolute Gasteiger partial charge is 0.303 e. The summed E-state index contributed by atoms with van der Waals surface area (Å²) < 4.78 is 5.60. The molecule has 1 aromatic heterocycles. The van der Waals surface area contributed by atoms with Crippen LogP contribution in [0, 0.1) is 13.8 Å². The van der Waals surface area contributed by atoms with Gasteiger partial charge in [-0.25, -0.2) is 0 Å². The van der Waals surface area contributed by atoms with Crippen molar-refractivity contribution in [2.24, 2.45) is 5.73 Å². The van der Waals surface area contributed by atoms with Gasteiger partial charge in [0.2, 0.25) is 0 Å². The minimum atomic E-state index is -0.818. The van der Waals surface area contributed by atoms with E-state index in [1.54, 1.807) is 0 Å². The van der Waals surface area contributed by atoms with Gasteiger partial charge in [-0.2, -0.15) is 0 Å². The molecule has 2 rings (SSSR count). The number of carbonyl (C=O) groups is 1. The number of nitrogens with two attached hydrogens (primary N) is 1. The van der Waals surface area contributed by atoms with Gasteiger partial charge in [-0.15, -0.1) is 0 Å². The molecule has 0 saturated heterocycles. The van der Waals surface area contributed by atoms with Crippen molar-refractivity contribution in [2.45, 2.75) is 32.7 Å². The lowest BCUT2D eigenvalue weighted by Gasteiger charge is -2.10. The summed E-state index contributed by atoms with van der Waals surface area (Å²) in [6.45, 7) is 3.94. The van der Waals surface area contributed by atoms with Gasteiger partial charge in [-0.05, 0) is 43.5 Å². The number of aliphatic carboxylic acids is 1. The Morgan fingerprint density at radius 3 is 2.83 bits per heavy atom. The number of rotatable bonds is 4. The van der Waals surface area contributed by atoms with Crippen LogP contribution in [0.25, 0.3) is 11.0 Å². The summed E-state index contributed by atoms with van der Waals surface area (Å²) in [4.78, 5) is 10.5. The average molecular weight is 247 g/mol. The Hall–Kier alpha value is -1.81. The van der Waals surface area contributed by atoms with Gasteiger partial charge in [-0.1, -0.05) is 6.07 Å². The summed E-state index contributed by atoms with van der Waals surface area (Å²) in [5.74, 6) is 0.0862. The Morgan fingerprint density at radius 2 is 2.17 bits per heavy atom. The number of hydrogen-bond donors (Lipinski definition) is 2. The third kappa shape index (κ3) is 2.38. The number of carboxylic acids is 1. The highest BCUT2D eigenvalue weighted by atomic mass is 16.4. The molecule has 4 nitrogen and oxygen atoms in total. The molecule has 0 radical (unpaired) electrons. The van der Waals surface area contributed by atoms with Crippen molar-refractivity contribution in [3.63, 3.8) is 0 Å². The quantitative estimate of drug-likeness (QED) is 0.870. The standard InChI is InChI=1S/C14H17NO3/c1-8-9(2)18-13-5-3-10(7-11(8)13)12(15)4-6-14(16)17/h3,5,7,12H,4,6,15H2,1-2H3,(H,16,17). The van der Waals surface area contributed by atoms with Crippen LogP contribution >= 0.6 is 0 Å². The van der Waals surface area contributed by atoms with E-state index in [1.807, 2.05) is 32.0 Å². The van der Waals surface area contributed by atoms with Crippen LogP contribution in [0.2, 0.25) is 0 Å². The van der Waals surface area contributed by atoms with Gasteiger partial charge in [0.1, 0.15) is 11.3 Å². The minimum Gasteiger partial charge on any atom is -0.481 e.